The first kappa shape index (κ1) is 8.51. The van der Waals surface area contributed by atoms with Gasteiger partial charge in [-0.2, -0.15) is 0 Å². The Hall–Kier alpha value is -0.590. The van der Waals surface area contributed by atoms with Gasteiger partial charge in [0.05, 0.1) is 0 Å². The predicted octanol–water partition coefficient (Wildman–Crippen LogP) is 2.57. The Morgan fingerprint density at radius 3 is 2.73 bits per heavy atom. The van der Waals surface area contributed by atoms with E-state index in [2.05, 4.69) is 26.8 Å². The summed E-state index contributed by atoms with van der Waals surface area (Å²) in [4.78, 5) is 10.3. The fourth-order valence-corrected chi connectivity index (χ4v) is 2.00. The van der Waals surface area contributed by atoms with Crippen molar-refractivity contribution in [2.75, 3.05) is 0 Å². The van der Waals surface area contributed by atoms with Crippen molar-refractivity contribution in [3.8, 4) is 0 Å². The van der Waals surface area contributed by atoms with Crippen LogP contribution in [0.3, 0.4) is 0 Å². The van der Waals surface area contributed by atoms with Gasteiger partial charge < -0.3 is 4.79 Å². The highest BCUT2D eigenvalue weighted by Gasteiger charge is 2.30. The minimum atomic E-state index is 0.264. The second-order valence-corrected chi connectivity index (χ2v) is 4.13. The summed E-state index contributed by atoms with van der Waals surface area (Å²) in [7, 11) is 0. The lowest BCUT2D eigenvalue weighted by Crippen LogP contribution is -2.11. The van der Waals surface area contributed by atoms with Gasteiger partial charge in [-0.15, -0.1) is 0 Å². The number of rotatable bonds is 2. The third-order valence-corrected chi connectivity index (χ3v) is 2.49. The second kappa shape index (κ2) is 2.80. The van der Waals surface area contributed by atoms with E-state index in [1.54, 1.807) is 0 Å². The molecular formula is C10H16O. The zero-order valence-electron chi connectivity index (χ0n) is 7.55. The fourth-order valence-electron chi connectivity index (χ4n) is 2.00. The van der Waals surface area contributed by atoms with Crippen LogP contribution in [0.4, 0.5) is 0 Å². The van der Waals surface area contributed by atoms with Gasteiger partial charge in [-0.1, -0.05) is 32.4 Å². The molecule has 1 atom stereocenters. The summed E-state index contributed by atoms with van der Waals surface area (Å²) < 4.78 is 0. The lowest BCUT2D eigenvalue weighted by Gasteiger charge is -2.21. The molecular weight excluding hydrogens is 136 g/mol. The molecule has 0 aromatic rings. The van der Waals surface area contributed by atoms with E-state index in [-0.39, 0.29) is 5.41 Å². The number of hydrogen-bond donors (Lipinski definition) is 0. The van der Waals surface area contributed by atoms with Crippen LogP contribution in [0, 0.1) is 11.3 Å². The van der Waals surface area contributed by atoms with E-state index in [4.69, 9.17) is 0 Å². The van der Waals surface area contributed by atoms with E-state index in [9.17, 15) is 4.79 Å². The van der Waals surface area contributed by atoms with Crippen LogP contribution in [0.2, 0.25) is 0 Å². The zero-order chi connectivity index (χ0) is 8.48. The summed E-state index contributed by atoms with van der Waals surface area (Å²) in [5, 5.41) is 0. The van der Waals surface area contributed by atoms with E-state index < -0.39 is 0 Å². The van der Waals surface area contributed by atoms with Gasteiger partial charge >= 0.3 is 0 Å². The molecule has 62 valence electrons. The first-order valence-corrected chi connectivity index (χ1v) is 4.21. The Morgan fingerprint density at radius 1 is 1.73 bits per heavy atom. The van der Waals surface area contributed by atoms with Gasteiger partial charge in [0.1, 0.15) is 6.29 Å². The molecule has 0 amide bonds. The third kappa shape index (κ3) is 1.70. The maximum Gasteiger partial charge on any atom is 0.124 e. The highest BCUT2D eigenvalue weighted by molar-refractivity contribution is 5.55. The molecule has 0 spiro atoms. The van der Waals surface area contributed by atoms with Crippen LogP contribution >= 0.6 is 0 Å². The summed E-state index contributed by atoms with van der Waals surface area (Å²) in [5.41, 5.74) is 1.58. The summed E-state index contributed by atoms with van der Waals surface area (Å²) in [6.07, 6.45) is 5.06. The summed E-state index contributed by atoms with van der Waals surface area (Å²) in [5.74, 6) is 0.653. The molecule has 0 N–H and O–H groups in total. The van der Waals surface area contributed by atoms with E-state index >= 15 is 0 Å². The van der Waals surface area contributed by atoms with Crippen molar-refractivity contribution < 1.29 is 4.79 Å². The van der Waals surface area contributed by atoms with Gasteiger partial charge in [0.25, 0.3) is 0 Å². The minimum Gasteiger partial charge on any atom is -0.303 e. The van der Waals surface area contributed by atoms with Crippen molar-refractivity contribution >= 4 is 6.29 Å². The first-order valence-electron chi connectivity index (χ1n) is 4.21. The fraction of sp³-hybridized carbons (Fsp3) is 0.700. The molecule has 1 unspecified atom stereocenters. The van der Waals surface area contributed by atoms with E-state index in [0.717, 1.165) is 6.29 Å². The molecule has 0 fully saturated rings. The number of allylic oxidation sites excluding steroid dienone is 2. The van der Waals surface area contributed by atoms with Crippen LogP contribution in [0.15, 0.2) is 11.6 Å². The summed E-state index contributed by atoms with van der Waals surface area (Å²) in [6.45, 7) is 6.64. The number of carbonyl (C=O) groups is 1. The van der Waals surface area contributed by atoms with Crippen LogP contribution in [0.5, 0.6) is 0 Å². The smallest absolute Gasteiger partial charge is 0.124 e. The molecule has 0 aliphatic heterocycles. The molecule has 0 aromatic heterocycles. The standard InChI is InChI=1S/C10H16O/c1-8-6-9(4-5-11)10(2,3)7-8/h5-6,8H,4,7H2,1-3H3. The lowest BCUT2D eigenvalue weighted by molar-refractivity contribution is -0.107. The van der Waals surface area contributed by atoms with Crippen molar-refractivity contribution in [2.24, 2.45) is 11.3 Å². The predicted molar refractivity (Wildman–Crippen MR) is 46.3 cm³/mol. The van der Waals surface area contributed by atoms with Crippen molar-refractivity contribution in [1.82, 2.24) is 0 Å². The Balaban J connectivity index is 2.74. The Bertz CT molecular complexity index is 189. The van der Waals surface area contributed by atoms with E-state index in [0.29, 0.717) is 12.3 Å². The van der Waals surface area contributed by atoms with Crippen molar-refractivity contribution in [3.63, 3.8) is 0 Å². The number of hydrogen-bond acceptors (Lipinski definition) is 1. The molecule has 1 rings (SSSR count). The van der Waals surface area contributed by atoms with E-state index in [1.165, 1.54) is 12.0 Å². The number of aldehydes is 1. The molecule has 0 radical (unpaired) electrons. The van der Waals surface area contributed by atoms with Crippen LogP contribution in [0.1, 0.15) is 33.6 Å². The summed E-state index contributed by atoms with van der Waals surface area (Å²) in [6, 6.07) is 0. The van der Waals surface area contributed by atoms with Crippen molar-refractivity contribution in [2.45, 2.75) is 33.6 Å². The molecule has 1 aliphatic carbocycles. The van der Waals surface area contributed by atoms with Crippen molar-refractivity contribution in [1.29, 1.82) is 0 Å². The Labute approximate surface area is 68.5 Å². The SMILES string of the molecule is CC1C=C(CC=O)C(C)(C)C1. The average Bonchev–Trinajstić information content (AvgIpc) is 2.07. The third-order valence-electron chi connectivity index (χ3n) is 2.49. The average molecular weight is 152 g/mol. The quantitative estimate of drug-likeness (QED) is 0.439. The van der Waals surface area contributed by atoms with Gasteiger partial charge in [-0.25, -0.2) is 0 Å². The molecule has 0 saturated carbocycles. The second-order valence-electron chi connectivity index (χ2n) is 4.13. The molecule has 1 heteroatoms. The molecule has 11 heavy (non-hydrogen) atoms. The largest absolute Gasteiger partial charge is 0.303 e. The topological polar surface area (TPSA) is 17.1 Å². The van der Waals surface area contributed by atoms with Crippen LogP contribution < -0.4 is 0 Å². The van der Waals surface area contributed by atoms with Crippen LogP contribution in [-0.4, -0.2) is 6.29 Å². The van der Waals surface area contributed by atoms with Gasteiger partial charge in [0.15, 0.2) is 0 Å². The molecule has 0 heterocycles. The maximum absolute atomic E-state index is 10.3. The highest BCUT2D eigenvalue weighted by Crippen LogP contribution is 2.41. The van der Waals surface area contributed by atoms with Crippen molar-refractivity contribution in [3.05, 3.63) is 11.6 Å². The van der Waals surface area contributed by atoms with E-state index in [1.807, 2.05) is 0 Å². The normalized spacial score (nSPS) is 28.3. The molecule has 0 bridgehead atoms. The van der Waals surface area contributed by atoms with Gasteiger partial charge in [0.2, 0.25) is 0 Å². The Morgan fingerprint density at radius 2 is 2.36 bits per heavy atom. The van der Waals surface area contributed by atoms with Gasteiger partial charge in [0, 0.05) is 6.42 Å². The maximum atomic E-state index is 10.3. The minimum absolute atomic E-state index is 0.264. The highest BCUT2D eigenvalue weighted by atomic mass is 16.1. The summed E-state index contributed by atoms with van der Waals surface area (Å²) >= 11 is 0. The first-order chi connectivity index (χ1) is 5.06. The number of carbonyl (C=O) groups excluding carboxylic acids is 1. The van der Waals surface area contributed by atoms with Crippen LogP contribution in [0.25, 0.3) is 0 Å². The molecule has 1 nitrogen and oxygen atoms in total. The van der Waals surface area contributed by atoms with Crippen LogP contribution in [-0.2, 0) is 4.79 Å². The monoisotopic (exact) mass is 152 g/mol. The molecule has 1 aliphatic rings. The Kier molecular flexibility index (Phi) is 2.17. The molecule has 0 aromatic carbocycles. The zero-order valence-corrected chi connectivity index (χ0v) is 7.55. The van der Waals surface area contributed by atoms with Gasteiger partial charge in [-0.3, -0.25) is 0 Å². The lowest BCUT2D eigenvalue weighted by atomic mass is 9.83. The molecule has 0 saturated heterocycles. The van der Waals surface area contributed by atoms with Gasteiger partial charge in [-0.05, 0) is 17.8 Å².